The number of carbonyl (C=O) groups is 1. The Morgan fingerprint density at radius 1 is 1.28 bits per heavy atom. The van der Waals surface area contributed by atoms with Crippen molar-refractivity contribution in [1.82, 2.24) is 5.32 Å². The second-order valence-electron chi connectivity index (χ2n) is 4.82. The second-order valence-corrected chi connectivity index (χ2v) is 5.67. The number of para-hydroxylation sites is 1. The maximum Gasteiger partial charge on any atom is 0.242 e. The number of carbonyl (C=O) groups excluding carboxylic acids is 1. The zero-order chi connectivity index (χ0) is 13.5. The largest absolute Gasteiger partial charge is 0.373 e. The number of anilines is 1. The Bertz CT molecular complexity index is 393. The van der Waals surface area contributed by atoms with Crippen molar-refractivity contribution < 1.29 is 4.79 Å². The Morgan fingerprint density at radius 2 is 1.94 bits per heavy atom. The van der Waals surface area contributed by atoms with Gasteiger partial charge in [0.05, 0.1) is 0 Å². The third kappa shape index (κ3) is 5.08. The number of benzene rings is 1. The van der Waals surface area contributed by atoms with Gasteiger partial charge in [0, 0.05) is 16.7 Å². The molecule has 2 N–H and O–H groups in total. The molecule has 0 saturated heterocycles. The van der Waals surface area contributed by atoms with E-state index in [9.17, 15) is 4.79 Å². The van der Waals surface area contributed by atoms with Crippen LogP contribution in [0.1, 0.15) is 27.2 Å². The van der Waals surface area contributed by atoms with E-state index in [1.54, 1.807) is 0 Å². The molecule has 100 valence electrons. The van der Waals surface area contributed by atoms with Crippen LogP contribution in [-0.4, -0.2) is 18.5 Å². The maximum absolute atomic E-state index is 11.9. The summed E-state index contributed by atoms with van der Waals surface area (Å²) in [5.41, 5.74) is 0.934. The first-order valence-electron chi connectivity index (χ1n) is 6.29. The second kappa shape index (κ2) is 7.41. The smallest absolute Gasteiger partial charge is 0.242 e. The molecule has 0 fully saturated rings. The molecule has 1 unspecified atom stereocenters. The monoisotopic (exact) mass is 312 g/mol. The Hall–Kier alpha value is -1.03. The van der Waals surface area contributed by atoms with Crippen LogP contribution in [0.2, 0.25) is 0 Å². The van der Waals surface area contributed by atoms with Crippen LogP contribution in [0.3, 0.4) is 0 Å². The van der Waals surface area contributed by atoms with Gasteiger partial charge in [0.1, 0.15) is 6.04 Å². The minimum atomic E-state index is -0.240. The van der Waals surface area contributed by atoms with Crippen LogP contribution in [0.25, 0.3) is 0 Å². The predicted octanol–water partition coefficient (Wildman–Crippen LogP) is 3.41. The van der Waals surface area contributed by atoms with Gasteiger partial charge < -0.3 is 10.6 Å². The number of nitrogens with one attached hydrogen (secondary N) is 2. The molecule has 18 heavy (non-hydrogen) atoms. The Labute approximate surface area is 117 Å². The summed E-state index contributed by atoms with van der Waals surface area (Å²) in [7, 11) is 0. The maximum atomic E-state index is 11.9. The SMILES string of the molecule is CC(C)CCNC(=O)C(C)Nc1ccccc1Br. The minimum absolute atomic E-state index is 0.0337. The molecular weight excluding hydrogens is 292 g/mol. The lowest BCUT2D eigenvalue weighted by Gasteiger charge is -2.16. The van der Waals surface area contributed by atoms with Crippen LogP contribution in [0.5, 0.6) is 0 Å². The zero-order valence-corrected chi connectivity index (χ0v) is 12.8. The van der Waals surface area contributed by atoms with Gasteiger partial charge in [0.2, 0.25) is 5.91 Å². The molecule has 4 heteroatoms. The predicted molar refractivity (Wildman–Crippen MR) is 79.7 cm³/mol. The molecule has 0 bridgehead atoms. The van der Waals surface area contributed by atoms with Crippen molar-refractivity contribution in [3.05, 3.63) is 28.7 Å². The van der Waals surface area contributed by atoms with E-state index in [2.05, 4.69) is 40.4 Å². The Kier molecular flexibility index (Phi) is 6.19. The van der Waals surface area contributed by atoms with E-state index in [-0.39, 0.29) is 11.9 Å². The first-order valence-corrected chi connectivity index (χ1v) is 7.08. The van der Waals surface area contributed by atoms with E-state index in [1.165, 1.54) is 0 Å². The van der Waals surface area contributed by atoms with Crippen molar-refractivity contribution in [3.63, 3.8) is 0 Å². The summed E-state index contributed by atoms with van der Waals surface area (Å²) in [6, 6.07) is 7.54. The van der Waals surface area contributed by atoms with Gasteiger partial charge >= 0.3 is 0 Å². The molecule has 1 atom stereocenters. The summed E-state index contributed by atoms with van der Waals surface area (Å²) >= 11 is 3.45. The first-order chi connectivity index (χ1) is 8.50. The highest BCUT2D eigenvalue weighted by atomic mass is 79.9. The Morgan fingerprint density at radius 3 is 2.56 bits per heavy atom. The van der Waals surface area contributed by atoms with Gasteiger partial charge in [0.25, 0.3) is 0 Å². The molecule has 1 aromatic rings. The quantitative estimate of drug-likeness (QED) is 0.845. The van der Waals surface area contributed by atoms with Crippen molar-refractivity contribution >= 4 is 27.5 Å². The highest BCUT2D eigenvalue weighted by Crippen LogP contribution is 2.21. The fourth-order valence-electron chi connectivity index (χ4n) is 1.51. The molecule has 3 nitrogen and oxygen atoms in total. The Balaban J connectivity index is 2.43. The average molecular weight is 313 g/mol. The van der Waals surface area contributed by atoms with Gasteiger partial charge in [-0.3, -0.25) is 4.79 Å². The normalized spacial score (nSPS) is 12.3. The summed E-state index contributed by atoms with van der Waals surface area (Å²) in [6.07, 6.45) is 1.01. The van der Waals surface area contributed by atoms with Gasteiger partial charge in [-0.2, -0.15) is 0 Å². The van der Waals surface area contributed by atoms with E-state index in [4.69, 9.17) is 0 Å². The van der Waals surface area contributed by atoms with Gasteiger partial charge in [0.15, 0.2) is 0 Å². The van der Waals surface area contributed by atoms with Crippen molar-refractivity contribution in [2.24, 2.45) is 5.92 Å². The van der Waals surface area contributed by atoms with E-state index in [0.29, 0.717) is 5.92 Å². The topological polar surface area (TPSA) is 41.1 Å². The third-order valence-corrected chi connectivity index (χ3v) is 3.35. The van der Waals surface area contributed by atoms with E-state index in [0.717, 1.165) is 23.1 Å². The molecule has 1 aromatic carbocycles. The molecule has 1 amide bonds. The molecule has 0 saturated carbocycles. The van der Waals surface area contributed by atoms with Crippen LogP contribution in [0, 0.1) is 5.92 Å². The third-order valence-electron chi connectivity index (χ3n) is 2.66. The molecule has 1 rings (SSSR count). The van der Waals surface area contributed by atoms with Crippen LogP contribution >= 0.6 is 15.9 Å². The number of rotatable bonds is 6. The molecule has 0 aliphatic rings. The highest BCUT2D eigenvalue weighted by Gasteiger charge is 2.12. The lowest BCUT2D eigenvalue weighted by atomic mass is 10.1. The van der Waals surface area contributed by atoms with Gasteiger partial charge in [-0.25, -0.2) is 0 Å². The van der Waals surface area contributed by atoms with Crippen molar-refractivity contribution in [2.45, 2.75) is 33.2 Å². The molecule has 0 heterocycles. The van der Waals surface area contributed by atoms with E-state index < -0.39 is 0 Å². The van der Waals surface area contributed by atoms with Crippen molar-refractivity contribution in [3.8, 4) is 0 Å². The molecule has 0 aliphatic heterocycles. The number of hydrogen-bond acceptors (Lipinski definition) is 2. The summed E-state index contributed by atoms with van der Waals surface area (Å²) in [5.74, 6) is 0.642. The van der Waals surface area contributed by atoms with Crippen molar-refractivity contribution in [2.75, 3.05) is 11.9 Å². The summed E-state index contributed by atoms with van der Waals surface area (Å²) < 4.78 is 0.965. The van der Waals surface area contributed by atoms with Crippen LogP contribution in [0.4, 0.5) is 5.69 Å². The lowest BCUT2D eigenvalue weighted by Crippen LogP contribution is -2.38. The van der Waals surface area contributed by atoms with Crippen LogP contribution in [-0.2, 0) is 4.79 Å². The van der Waals surface area contributed by atoms with E-state index in [1.807, 2.05) is 31.2 Å². The fraction of sp³-hybridized carbons (Fsp3) is 0.500. The van der Waals surface area contributed by atoms with E-state index >= 15 is 0 Å². The molecule has 0 aliphatic carbocycles. The number of hydrogen-bond donors (Lipinski definition) is 2. The van der Waals surface area contributed by atoms with Gasteiger partial charge in [-0.1, -0.05) is 26.0 Å². The first kappa shape index (κ1) is 15.0. The lowest BCUT2D eigenvalue weighted by molar-refractivity contribution is -0.121. The van der Waals surface area contributed by atoms with Crippen LogP contribution in [0.15, 0.2) is 28.7 Å². The average Bonchev–Trinajstić information content (AvgIpc) is 2.31. The highest BCUT2D eigenvalue weighted by molar-refractivity contribution is 9.10. The van der Waals surface area contributed by atoms with Crippen molar-refractivity contribution in [1.29, 1.82) is 0 Å². The molecule has 0 aromatic heterocycles. The number of amides is 1. The minimum Gasteiger partial charge on any atom is -0.373 e. The van der Waals surface area contributed by atoms with Crippen LogP contribution < -0.4 is 10.6 Å². The number of halogens is 1. The summed E-state index contributed by atoms with van der Waals surface area (Å²) in [6.45, 7) is 6.90. The summed E-state index contributed by atoms with van der Waals surface area (Å²) in [4.78, 5) is 11.9. The zero-order valence-electron chi connectivity index (χ0n) is 11.2. The standard InChI is InChI=1S/C14H21BrN2O/c1-10(2)8-9-16-14(18)11(3)17-13-7-5-4-6-12(13)15/h4-7,10-11,17H,8-9H2,1-3H3,(H,16,18). The van der Waals surface area contributed by atoms with Gasteiger partial charge in [-0.15, -0.1) is 0 Å². The fourth-order valence-corrected chi connectivity index (χ4v) is 1.91. The molecule has 0 spiro atoms. The molecular formula is C14H21BrN2O. The molecule has 0 radical (unpaired) electrons. The van der Waals surface area contributed by atoms with Gasteiger partial charge in [-0.05, 0) is 47.3 Å². The summed E-state index contributed by atoms with van der Waals surface area (Å²) in [5, 5.41) is 6.13.